The van der Waals surface area contributed by atoms with Crippen molar-refractivity contribution in [3.05, 3.63) is 64.1 Å². The van der Waals surface area contributed by atoms with Crippen LogP contribution in [0.1, 0.15) is 43.1 Å². The second-order valence-electron chi connectivity index (χ2n) is 7.96. The van der Waals surface area contributed by atoms with E-state index in [0.717, 1.165) is 16.5 Å². The molecule has 10 heteroatoms. The van der Waals surface area contributed by atoms with E-state index in [0.29, 0.717) is 4.31 Å². The number of hydrogen-bond donors (Lipinski definition) is 1. The molecule has 3 rings (SSSR count). The van der Waals surface area contributed by atoms with Gasteiger partial charge < -0.3 is 10.2 Å². The molecule has 8 nitrogen and oxygen atoms in total. The van der Waals surface area contributed by atoms with Crippen molar-refractivity contribution < 1.29 is 22.8 Å². The third kappa shape index (κ3) is 5.27. The van der Waals surface area contributed by atoms with Crippen molar-refractivity contribution in [3.63, 3.8) is 0 Å². The zero-order valence-electron chi connectivity index (χ0n) is 18.6. The van der Waals surface area contributed by atoms with Crippen LogP contribution in [0.3, 0.4) is 0 Å². The van der Waals surface area contributed by atoms with Crippen LogP contribution >= 0.6 is 15.9 Å². The summed E-state index contributed by atoms with van der Waals surface area (Å²) in [5.74, 6) is -1.75. The van der Waals surface area contributed by atoms with Gasteiger partial charge in [0.1, 0.15) is 17.5 Å². The fourth-order valence-corrected chi connectivity index (χ4v) is 5.45. The first-order valence-electron chi connectivity index (χ1n) is 10.6. The predicted octanol–water partition coefficient (Wildman–Crippen LogP) is 2.93. The summed E-state index contributed by atoms with van der Waals surface area (Å²) in [5.41, 5.74) is 0.784. The summed E-state index contributed by atoms with van der Waals surface area (Å²) in [4.78, 5) is 40.1. The summed E-state index contributed by atoms with van der Waals surface area (Å²) < 4.78 is 27.2. The number of hydrogen-bond acceptors (Lipinski definition) is 5. The van der Waals surface area contributed by atoms with Gasteiger partial charge in [-0.2, -0.15) is 0 Å². The molecule has 1 N–H and O–H groups in total. The van der Waals surface area contributed by atoms with Crippen LogP contribution in [0.15, 0.2) is 57.9 Å². The molecule has 0 bridgehead atoms. The molecule has 1 aliphatic rings. The van der Waals surface area contributed by atoms with Crippen molar-refractivity contribution in [2.75, 3.05) is 6.54 Å². The molecule has 2 atom stereocenters. The fraction of sp³-hybridized carbons (Fsp3) is 0.348. The molecular formula is C23H26BrN3O5S. The van der Waals surface area contributed by atoms with Gasteiger partial charge in [0.05, 0.1) is 5.56 Å². The Balaban J connectivity index is 1.89. The highest BCUT2D eigenvalue weighted by Gasteiger charge is 2.43. The molecule has 2 aromatic rings. The molecule has 2 aromatic carbocycles. The highest BCUT2D eigenvalue weighted by Crippen LogP contribution is 2.30. The Kier molecular flexibility index (Phi) is 7.58. The second-order valence-corrected chi connectivity index (χ2v) is 10.7. The Morgan fingerprint density at radius 1 is 1.12 bits per heavy atom. The largest absolute Gasteiger partial charge is 0.352 e. The van der Waals surface area contributed by atoms with Gasteiger partial charge in [0.15, 0.2) is 0 Å². The van der Waals surface area contributed by atoms with E-state index in [-0.39, 0.29) is 29.0 Å². The Morgan fingerprint density at radius 3 is 2.45 bits per heavy atom. The lowest BCUT2D eigenvalue weighted by Gasteiger charge is -2.31. The van der Waals surface area contributed by atoms with E-state index >= 15 is 0 Å². The molecule has 0 saturated heterocycles. The number of benzene rings is 2. The van der Waals surface area contributed by atoms with Gasteiger partial charge in [-0.15, -0.1) is 0 Å². The molecule has 0 unspecified atom stereocenters. The van der Waals surface area contributed by atoms with Gasteiger partial charge in [0, 0.05) is 17.1 Å². The smallest absolute Gasteiger partial charge is 0.269 e. The maximum Gasteiger partial charge on any atom is 0.269 e. The van der Waals surface area contributed by atoms with Gasteiger partial charge in [-0.3, -0.25) is 14.4 Å². The summed E-state index contributed by atoms with van der Waals surface area (Å²) in [7, 11) is -4.14. The molecule has 176 valence electrons. The van der Waals surface area contributed by atoms with Crippen LogP contribution in [0, 0.1) is 0 Å². The van der Waals surface area contributed by atoms with Crippen LogP contribution in [-0.2, 0) is 26.2 Å². The SMILES string of the molecule is CC[C@@H](C)NC(=O)[C@H](C)N(Cc1cccc(Br)c1)C(=O)CN1C(=O)c2ccccc2S1(=O)=O. The fourth-order valence-electron chi connectivity index (χ4n) is 3.48. The number of rotatable bonds is 8. The summed E-state index contributed by atoms with van der Waals surface area (Å²) in [6.45, 7) is 4.76. The maximum absolute atomic E-state index is 13.4. The summed E-state index contributed by atoms with van der Waals surface area (Å²) >= 11 is 3.39. The minimum absolute atomic E-state index is 0.0337. The quantitative estimate of drug-likeness (QED) is 0.559. The van der Waals surface area contributed by atoms with E-state index in [1.165, 1.54) is 23.1 Å². The minimum atomic E-state index is -4.14. The van der Waals surface area contributed by atoms with E-state index in [1.54, 1.807) is 25.1 Å². The van der Waals surface area contributed by atoms with Gasteiger partial charge in [-0.05, 0) is 50.1 Å². The second kappa shape index (κ2) is 10.0. The standard InChI is InChI=1S/C23H26BrN3O5S/c1-4-15(2)25-22(29)16(3)26(13-17-8-7-9-18(24)12-17)21(28)14-27-23(30)19-10-5-6-11-20(19)33(27,31)32/h5-12,15-16H,4,13-14H2,1-3H3,(H,25,29)/t15-,16+/m1/s1. The van der Waals surface area contributed by atoms with Crippen LogP contribution in [-0.4, -0.2) is 54.0 Å². The third-order valence-electron chi connectivity index (χ3n) is 5.60. The molecule has 0 aromatic heterocycles. The average Bonchev–Trinajstić information content (AvgIpc) is 2.97. The van der Waals surface area contributed by atoms with Crippen molar-refractivity contribution >= 4 is 43.7 Å². The van der Waals surface area contributed by atoms with Gasteiger partial charge in [-0.25, -0.2) is 12.7 Å². The number of halogens is 1. The number of amides is 3. The Bertz CT molecular complexity index is 1180. The highest BCUT2D eigenvalue weighted by atomic mass is 79.9. The average molecular weight is 536 g/mol. The van der Waals surface area contributed by atoms with E-state index in [9.17, 15) is 22.8 Å². The molecule has 0 spiro atoms. The zero-order valence-corrected chi connectivity index (χ0v) is 21.0. The summed E-state index contributed by atoms with van der Waals surface area (Å²) in [5, 5.41) is 2.85. The van der Waals surface area contributed by atoms with Gasteiger partial charge in [-0.1, -0.05) is 47.1 Å². The van der Waals surface area contributed by atoms with E-state index < -0.39 is 34.4 Å². The lowest BCUT2D eigenvalue weighted by molar-refractivity contribution is -0.140. The lowest BCUT2D eigenvalue weighted by Crippen LogP contribution is -2.52. The predicted molar refractivity (Wildman–Crippen MR) is 127 cm³/mol. The summed E-state index contributed by atoms with van der Waals surface area (Å²) in [6.07, 6.45) is 0.719. The van der Waals surface area contributed by atoms with Crippen molar-refractivity contribution in [1.29, 1.82) is 0 Å². The van der Waals surface area contributed by atoms with Crippen molar-refractivity contribution in [2.45, 2.75) is 50.7 Å². The maximum atomic E-state index is 13.4. The molecule has 0 saturated carbocycles. The van der Waals surface area contributed by atoms with Crippen molar-refractivity contribution in [2.24, 2.45) is 0 Å². The van der Waals surface area contributed by atoms with E-state index in [4.69, 9.17) is 0 Å². The van der Waals surface area contributed by atoms with Crippen molar-refractivity contribution in [3.8, 4) is 0 Å². The Morgan fingerprint density at radius 2 is 1.82 bits per heavy atom. The van der Waals surface area contributed by atoms with Crippen LogP contribution < -0.4 is 5.32 Å². The molecule has 0 fully saturated rings. The first-order valence-corrected chi connectivity index (χ1v) is 12.8. The number of carbonyl (C=O) groups is 3. The van der Waals surface area contributed by atoms with Crippen LogP contribution in [0.25, 0.3) is 0 Å². The molecule has 0 radical (unpaired) electrons. The normalized spacial score (nSPS) is 16.1. The van der Waals surface area contributed by atoms with Crippen LogP contribution in [0.4, 0.5) is 0 Å². The molecular weight excluding hydrogens is 510 g/mol. The summed E-state index contributed by atoms with van der Waals surface area (Å²) in [6, 6.07) is 12.1. The first kappa shape index (κ1) is 24.9. The molecule has 33 heavy (non-hydrogen) atoms. The van der Waals surface area contributed by atoms with Gasteiger partial charge in [0.25, 0.3) is 15.9 Å². The number of fused-ring (bicyclic) bond motifs is 1. The number of nitrogens with zero attached hydrogens (tertiary/aromatic N) is 2. The lowest BCUT2D eigenvalue weighted by atomic mass is 10.1. The van der Waals surface area contributed by atoms with E-state index in [1.807, 2.05) is 26.0 Å². The zero-order chi connectivity index (χ0) is 24.3. The van der Waals surface area contributed by atoms with Crippen molar-refractivity contribution in [1.82, 2.24) is 14.5 Å². The molecule has 1 aliphatic heterocycles. The van der Waals surface area contributed by atoms with Crippen LogP contribution in [0.2, 0.25) is 0 Å². The van der Waals surface area contributed by atoms with Gasteiger partial charge in [0.2, 0.25) is 11.8 Å². The first-order chi connectivity index (χ1) is 15.6. The Hall–Kier alpha value is -2.72. The Labute approximate surface area is 202 Å². The molecule has 0 aliphatic carbocycles. The number of nitrogens with one attached hydrogen (secondary N) is 1. The monoisotopic (exact) mass is 535 g/mol. The van der Waals surface area contributed by atoms with Gasteiger partial charge >= 0.3 is 0 Å². The number of sulfonamides is 1. The molecule has 3 amide bonds. The number of carbonyl (C=O) groups excluding carboxylic acids is 3. The molecule has 1 heterocycles. The third-order valence-corrected chi connectivity index (χ3v) is 7.88. The van der Waals surface area contributed by atoms with E-state index in [2.05, 4.69) is 21.2 Å². The minimum Gasteiger partial charge on any atom is -0.352 e. The van der Waals surface area contributed by atoms with Crippen LogP contribution in [0.5, 0.6) is 0 Å². The topological polar surface area (TPSA) is 104 Å². The highest BCUT2D eigenvalue weighted by molar-refractivity contribution is 9.10.